The zero-order valence-electron chi connectivity index (χ0n) is 14.8. The van der Waals surface area contributed by atoms with Crippen molar-refractivity contribution in [3.8, 4) is 0 Å². The van der Waals surface area contributed by atoms with Crippen molar-refractivity contribution >= 4 is 29.4 Å². The van der Waals surface area contributed by atoms with Gasteiger partial charge in [0.05, 0.1) is 23.4 Å². The number of nitrogens with zero attached hydrogens (tertiary/aromatic N) is 3. The van der Waals surface area contributed by atoms with Gasteiger partial charge in [-0.2, -0.15) is 5.10 Å². The normalized spacial score (nSPS) is 13.0. The first-order chi connectivity index (χ1) is 13.5. The van der Waals surface area contributed by atoms with Crippen molar-refractivity contribution in [2.75, 3.05) is 0 Å². The number of hydroxylamine groups is 2. The number of carbonyl (C=O) groups excluding carboxylic acids is 3. The number of fused-ring (bicyclic) bond motifs is 1. The zero-order chi connectivity index (χ0) is 19.8. The van der Waals surface area contributed by atoms with Crippen molar-refractivity contribution in [2.24, 2.45) is 0 Å². The van der Waals surface area contributed by atoms with Crippen molar-refractivity contribution in [2.45, 2.75) is 13.5 Å². The molecule has 1 aromatic heterocycles. The van der Waals surface area contributed by atoms with Crippen molar-refractivity contribution in [1.82, 2.24) is 14.8 Å². The van der Waals surface area contributed by atoms with Crippen LogP contribution in [0.5, 0.6) is 0 Å². The van der Waals surface area contributed by atoms with Gasteiger partial charge in [-0.05, 0) is 24.6 Å². The van der Waals surface area contributed by atoms with E-state index in [1.807, 2.05) is 30.3 Å². The molecule has 0 atom stereocenters. The third-order valence-corrected chi connectivity index (χ3v) is 4.76. The third-order valence-electron chi connectivity index (χ3n) is 4.38. The summed E-state index contributed by atoms with van der Waals surface area (Å²) in [6.45, 7) is 1.97. The first kappa shape index (κ1) is 17.9. The highest BCUT2D eigenvalue weighted by molar-refractivity contribution is 6.33. The average Bonchev–Trinajstić information content (AvgIpc) is 3.11. The largest absolute Gasteiger partial charge is 0.368 e. The Kier molecular flexibility index (Phi) is 4.44. The Balaban J connectivity index is 1.58. The number of aryl methyl sites for hydroxylation is 1. The summed E-state index contributed by atoms with van der Waals surface area (Å²) in [4.78, 5) is 42.5. The lowest BCUT2D eigenvalue weighted by Gasteiger charge is -2.12. The number of amides is 2. The van der Waals surface area contributed by atoms with E-state index in [1.54, 1.807) is 19.1 Å². The molecular weight excluding hydrogens is 382 g/mol. The Morgan fingerprint density at radius 3 is 2.18 bits per heavy atom. The van der Waals surface area contributed by atoms with Crippen LogP contribution >= 0.6 is 11.6 Å². The van der Waals surface area contributed by atoms with Crippen LogP contribution < -0.4 is 0 Å². The molecule has 0 unspecified atom stereocenters. The second kappa shape index (κ2) is 6.94. The molecule has 2 amide bonds. The van der Waals surface area contributed by atoms with Crippen LogP contribution in [0.1, 0.15) is 42.3 Å². The van der Waals surface area contributed by atoms with Gasteiger partial charge >= 0.3 is 5.97 Å². The topological polar surface area (TPSA) is 81.5 Å². The van der Waals surface area contributed by atoms with Crippen LogP contribution in [-0.4, -0.2) is 32.6 Å². The summed E-state index contributed by atoms with van der Waals surface area (Å²) >= 11 is 6.33. The van der Waals surface area contributed by atoms with E-state index < -0.39 is 17.8 Å². The van der Waals surface area contributed by atoms with Crippen molar-refractivity contribution in [1.29, 1.82) is 0 Å². The quantitative estimate of drug-likeness (QED) is 0.633. The molecule has 7 nitrogen and oxygen atoms in total. The molecule has 2 aromatic carbocycles. The van der Waals surface area contributed by atoms with Gasteiger partial charge in [-0.3, -0.25) is 9.59 Å². The van der Waals surface area contributed by atoms with Crippen LogP contribution in [0, 0.1) is 6.92 Å². The number of halogens is 1. The molecule has 0 bridgehead atoms. The summed E-state index contributed by atoms with van der Waals surface area (Å²) in [6.07, 6.45) is 0. The molecule has 3 aromatic rings. The van der Waals surface area contributed by atoms with Gasteiger partial charge < -0.3 is 4.84 Å². The molecule has 0 spiro atoms. The minimum atomic E-state index is -0.920. The number of aromatic nitrogens is 2. The van der Waals surface area contributed by atoms with Crippen LogP contribution in [0.3, 0.4) is 0 Å². The minimum Gasteiger partial charge on any atom is -0.324 e. The summed E-state index contributed by atoms with van der Waals surface area (Å²) in [5.74, 6) is -2.31. The molecule has 8 heteroatoms. The Labute approximate surface area is 165 Å². The van der Waals surface area contributed by atoms with Crippen molar-refractivity contribution in [3.05, 3.63) is 87.7 Å². The molecule has 1 aliphatic rings. The monoisotopic (exact) mass is 395 g/mol. The minimum absolute atomic E-state index is 0.00848. The van der Waals surface area contributed by atoms with Gasteiger partial charge in [-0.1, -0.05) is 59.1 Å². The van der Waals surface area contributed by atoms with Crippen molar-refractivity contribution < 1.29 is 19.2 Å². The van der Waals surface area contributed by atoms with Crippen LogP contribution in [0.2, 0.25) is 5.15 Å². The van der Waals surface area contributed by atoms with Crippen LogP contribution in [0.15, 0.2) is 54.6 Å². The molecule has 2 heterocycles. The summed E-state index contributed by atoms with van der Waals surface area (Å²) < 4.78 is 1.46. The highest BCUT2D eigenvalue weighted by Gasteiger charge is 2.39. The summed E-state index contributed by atoms with van der Waals surface area (Å²) in [5, 5.41) is 4.80. The maximum Gasteiger partial charge on any atom is 0.368 e. The number of hydrogen-bond donors (Lipinski definition) is 0. The number of benzene rings is 2. The lowest BCUT2D eigenvalue weighted by Crippen LogP contribution is -2.32. The van der Waals surface area contributed by atoms with Crippen LogP contribution in [0.25, 0.3) is 0 Å². The van der Waals surface area contributed by atoms with E-state index in [1.165, 1.54) is 16.8 Å². The van der Waals surface area contributed by atoms with Gasteiger partial charge in [0.15, 0.2) is 0 Å². The average molecular weight is 396 g/mol. The van der Waals surface area contributed by atoms with Crippen LogP contribution in [-0.2, 0) is 11.4 Å². The van der Waals surface area contributed by atoms with Gasteiger partial charge in [0.1, 0.15) is 10.7 Å². The predicted molar refractivity (Wildman–Crippen MR) is 99.9 cm³/mol. The van der Waals surface area contributed by atoms with Gasteiger partial charge in [-0.15, -0.1) is 0 Å². The van der Waals surface area contributed by atoms with Crippen molar-refractivity contribution in [3.63, 3.8) is 0 Å². The number of imide groups is 1. The Morgan fingerprint density at radius 1 is 1.00 bits per heavy atom. The van der Waals surface area contributed by atoms with Gasteiger partial charge in [0.2, 0.25) is 0 Å². The van der Waals surface area contributed by atoms with Crippen LogP contribution in [0.4, 0.5) is 0 Å². The van der Waals surface area contributed by atoms with E-state index in [4.69, 9.17) is 16.4 Å². The molecule has 0 aliphatic carbocycles. The number of rotatable bonds is 4. The molecule has 140 valence electrons. The standard InChI is InChI=1S/C20H14ClN3O4/c1-12-16(17(21)23(22-12)11-13-7-3-2-4-8-13)20(27)28-24-18(25)14-9-5-6-10-15(14)19(24)26/h2-10H,11H2,1H3. The van der Waals surface area contributed by atoms with Gasteiger partial charge in [0.25, 0.3) is 11.8 Å². The van der Waals surface area contributed by atoms with E-state index >= 15 is 0 Å². The SMILES string of the molecule is Cc1nn(Cc2ccccc2)c(Cl)c1C(=O)ON1C(=O)c2ccccc2C1=O. The summed E-state index contributed by atoms with van der Waals surface area (Å²) in [7, 11) is 0. The van der Waals surface area contributed by atoms with E-state index in [9.17, 15) is 14.4 Å². The van der Waals surface area contributed by atoms with Gasteiger partial charge in [0, 0.05) is 0 Å². The summed E-state index contributed by atoms with van der Waals surface area (Å²) in [5.41, 5.74) is 1.66. The molecule has 1 aliphatic heterocycles. The maximum absolute atomic E-state index is 12.6. The first-order valence-electron chi connectivity index (χ1n) is 8.44. The second-order valence-electron chi connectivity index (χ2n) is 6.22. The maximum atomic E-state index is 12.6. The smallest absolute Gasteiger partial charge is 0.324 e. The molecule has 0 saturated heterocycles. The third kappa shape index (κ3) is 2.95. The van der Waals surface area contributed by atoms with E-state index in [-0.39, 0.29) is 21.8 Å². The number of hydrogen-bond acceptors (Lipinski definition) is 5. The Morgan fingerprint density at radius 2 is 1.57 bits per heavy atom. The molecule has 28 heavy (non-hydrogen) atoms. The lowest BCUT2D eigenvalue weighted by molar-refractivity contribution is -0.0585. The fourth-order valence-electron chi connectivity index (χ4n) is 3.02. The second-order valence-corrected chi connectivity index (χ2v) is 6.58. The Hall–Kier alpha value is -3.45. The molecule has 0 saturated carbocycles. The highest BCUT2D eigenvalue weighted by atomic mass is 35.5. The van der Waals surface area contributed by atoms with Gasteiger partial charge in [-0.25, -0.2) is 9.48 Å². The lowest BCUT2D eigenvalue weighted by atomic mass is 10.1. The van der Waals surface area contributed by atoms with E-state index in [0.29, 0.717) is 17.3 Å². The molecular formula is C20H14ClN3O4. The molecule has 4 rings (SSSR count). The fraction of sp³-hybridized carbons (Fsp3) is 0.100. The fourth-order valence-corrected chi connectivity index (χ4v) is 3.34. The number of carbonyl (C=O) groups is 3. The predicted octanol–water partition coefficient (Wildman–Crippen LogP) is 3.26. The Bertz CT molecular complexity index is 1070. The zero-order valence-corrected chi connectivity index (χ0v) is 15.5. The first-order valence-corrected chi connectivity index (χ1v) is 8.82. The van der Waals surface area contributed by atoms with E-state index in [0.717, 1.165) is 5.56 Å². The summed E-state index contributed by atoms with van der Waals surface area (Å²) in [6, 6.07) is 15.7. The molecule has 0 radical (unpaired) electrons. The van der Waals surface area contributed by atoms with E-state index in [2.05, 4.69) is 5.10 Å². The highest BCUT2D eigenvalue weighted by Crippen LogP contribution is 2.26. The molecule has 0 N–H and O–H groups in total. The molecule has 0 fully saturated rings.